The van der Waals surface area contributed by atoms with E-state index in [1.807, 2.05) is 0 Å². The van der Waals surface area contributed by atoms with Gasteiger partial charge in [0.2, 0.25) is 0 Å². The van der Waals surface area contributed by atoms with Gasteiger partial charge in [-0.15, -0.1) is 0 Å². The van der Waals surface area contributed by atoms with Crippen LogP contribution < -0.4 is 0 Å². The molecule has 4 nitrogen and oxygen atoms in total. The zero-order valence-electron chi connectivity index (χ0n) is 21.8. The highest BCUT2D eigenvalue weighted by Crippen LogP contribution is 2.35. The Hall–Kier alpha value is -3.24. The third-order valence-corrected chi connectivity index (χ3v) is 7.78. The average Bonchev–Trinajstić information content (AvgIpc) is 3.33. The van der Waals surface area contributed by atoms with Gasteiger partial charge in [0.25, 0.3) is 5.91 Å². The fourth-order valence-corrected chi connectivity index (χ4v) is 5.58. The van der Waals surface area contributed by atoms with Gasteiger partial charge in [0.15, 0.2) is 0 Å². The van der Waals surface area contributed by atoms with E-state index in [2.05, 4.69) is 98.5 Å². The molecule has 2 heterocycles. The molecular formula is C32H37N3O. The Labute approximate surface area is 215 Å². The van der Waals surface area contributed by atoms with E-state index >= 15 is 0 Å². The van der Waals surface area contributed by atoms with E-state index in [1.165, 1.54) is 27.8 Å². The first kappa shape index (κ1) is 24.5. The standard InChI is InChI=1S/C32H37N3O/c1-23-10-13-28(14-11-23)30-21-31(29-19-24(2)9-12-25(29)3)35(33-30)32(36)22-34-17-15-27(16-18-34)20-26-7-5-4-6-8-26/h4-14,19,27,31H,15-18,20-22H2,1-3H3. The van der Waals surface area contributed by atoms with Crippen LogP contribution in [0, 0.1) is 26.7 Å². The summed E-state index contributed by atoms with van der Waals surface area (Å²) in [7, 11) is 0. The molecule has 0 aromatic heterocycles. The maximum Gasteiger partial charge on any atom is 0.257 e. The number of nitrogens with zero attached hydrogens (tertiary/aromatic N) is 3. The molecule has 3 aromatic carbocycles. The summed E-state index contributed by atoms with van der Waals surface area (Å²) in [6.07, 6.45) is 4.16. The van der Waals surface area contributed by atoms with Gasteiger partial charge in [-0.1, -0.05) is 83.9 Å². The highest BCUT2D eigenvalue weighted by Gasteiger charge is 2.35. The van der Waals surface area contributed by atoms with E-state index in [0.717, 1.165) is 50.0 Å². The molecule has 36 heavy (non-hydrogen) atoms. The first-order chi connectivity index (χ1) is 17.5. The number of benzene rings is 3. The molecule has 0 aliphatic carbocycles. The zero-order chi connectivity index (χ0) is 25.1. The minimum atomic E-state index is -0.0516. The third-order valence-electron chi connectivity index (χ3n) is 7.78. The highest BCUT2D eigenvalue weighted by molar-refractivity contribution is 6.03. The topological polar surface area (TPSA) is 35.9 Å². The van der Waals surface area contributed by atoms with E-state index in [9.17, 15) is 4.79 Å². The molecule has 186 valence electrons. The smallest absolute Gasteiger partial charge is 0.257 e. The average molecular weight is 480 g/mol. The first-order valence-electron chi connectivity index (χ1n) is 13.3. The number of rotatable bonds is 6. The van der Waals surface area contributed by atoms with Gasteiger partial charge in [-0.25, -0.2) is 5.01 Å². The summed E-state index contributed by atoms with van der Waals surface area (Å²) in [5.41, 5.74) is 8.38. The van der Waals surface area contributed by atoms with Gasteiger partial charge >= 0.3 is 0 Å². The van der Waals surface area contributed by atoms with Crippen LogP contribution in [-0.2, 0) is 11.2 Å². The van der Waals surface area contributed by atoms with E-state index in [4.69, 9.17) is 5.10 Å². The number of likely N-dealkylation sites (tertiary alicyclic amines) is 1. The Balaban J connectivity index is 1.29. The monoisotopic (exact) mass is 479 g/mol. The third kappa shape index (κ3) is 5.60. The van der Waals surface area contributed by atoms with Crippen molar-refractivity contribution in [1.29, 1.82) is 0 Å². The van der Waals surface area contributed by atoms with Crippen molar-refractivity contribution in [3.8, 4) is 0 Å². The normalized spacial score (nSPS) is 18.9. The van der Waals surface area contributed by atoms with Crippen molar-refractivity contribution in [1.82, 2.24) is 9.91 Å². The number of amides is 1. The predicted molar refractivity (Wildman–Crippen MR) is 147 cm³/mol. The summed E-state index contributed by atoms with van der Waals surface area (Å²) in [5.74, 6) is 0.795. The zero-order valence-corrected chi connectivity index (χ0v) is 21.8. The molecule has 0 bridgehead atoms. The molecular weight excluding hydrogens is 442 g/mol. The first-order valence-corrected chi connectivity index (χ1v) is 13.3. The maximum atomic E-state index is 13.7. The summed E-state index contributed by atoms with van der Waals surface area (Å²) >= 11 is 0. The van der Waals surface area contributed by atoms with Gasteiger partial charge < -0.3 is 0 Å². The maximum absolute atomic E-state index is 13.7. The predicted octanol–water partition coefficient (Wildman–Crippen LogP) is 6.24. The van der Waals surface area contributed by atoms with Gasteiger partial charge in [-0.2, -0.15) is 5.10 Å². The van der Waals surface area contributed by atoms with Crippen molar-refractivity contribution < 1.29 is 4.79 Å². The molecule has 0 spiro atoms. The molecule has 0 N–H and O–H groups in total. The summed E-state index contributed by atoms with van der Waals surface area (Å²) in [4.78, 5) is 16.0. The lowest BCUT2D eigenvalue weighted by Gasteiger charge is -2.33. The fraction of sp³-hybridized carbons (Fsp3) is 0.375. The van der Waals surface area contributed by atoms with Crippen molar-refractivity contribution >= 4 is 11.6 Å². The summed E-state index contributed by atoms with van der Waals surface area (Å²) < 4.78 is 0. The van der Waals surface area contributed by atoms with E-state index < -0.39 is 0 Å². The highest BCUT2D eigenvalue weighted by atomic mass is 16.2. The van der Waals surface area contributed by atoms with Crippen molar-refractivity contribution in [2.45, 2.75) is 52.5 Å². The van der Waals surface area contributed by atoms with Crippen molar-refractivity contribution in [2.24, 2.45) is 11.0 Å². The van der Waals surface area contributed by atoms with Crippen LogP contribution in [0.5, 0.6) is 0 Å². The molecule has 1 fully saturated rings. The molecule has 3 aromatic rings. The molecule has 5 rings (SSSR count). The lowest BCUT2D eigenvalue weighted by atomic mass is 9.90. The Morgan fingerprint density at radius 3 is 2.31 bits per heavy atom. The van der Waals surface area contributed by atoms with Crippen LogP contribution in [-0.4, -0.2) is 41.2 Å². The molecule has 0 saturated carbocycles. The summed E-state index contributed by atoms with van der Waals surface area (Å²) in [6.45, 7) is 8.73. The molecule has 2 aliphatic rings. The van der Waals surface area contributed by atoms with Gasteiger partial charge in [-0.05, 0) is 81.3 Å². The summed E-state index contributed by atoms with van der Waals surface area (Å²) in [5, 5.41) is 6.71. The minimum absolute atomic E-state index is 0.0516. The molecule has 1 atom stereocenters. The number of carbonyl (C=O) groups excluding carboxylic acids is 1. The second kappa shape index (κ2) is 10.8. The molecule has 0 radical (unpaired) electrons. The van der Waals surface area contributed by atoms with Crippen LogP contribution in [0.1, 0.15) is 58.7 Å². The van der Waals surface area contributed by atoms with Gasteiger partial charge in [0.05, 0.1) is 18.3 Å². The van der Waals surface area contributed by atoms with Crippen LogP contribution in [0.3, 0.4) is 0 Å². The second-order valence-corrected chi connectivity index (χ2v) is 10.6. The molecule has 1 unspecified atom stereocenters. The van der Waals surface area contributed by atoms with Crippen molar-refractivity contribution in [3.63, 3.8) is 0 Å². The molecule has 1 amide bonds. The molecule has 4 heteroatoms. The van der Waals surface area contributed by atoms with Gasteiger partial charge in [-0.3, -0.25) is 9.69 Å². The number of piperidine rings is 1. The Kier molecular flexibility index (Phi) is 7.33. The van der Waals surface area contributed by atoms with Crippen molar-refractivity contribution in [3.05, 3.63) is 106 Å². The molecule has 1 saturated heterocycles. The minimum Gasteiger partial charge on any atom is -0.294 e. The SMILES string of the molecule is Cc1ccc(C2=NN(C(=O)CN3CCC(Cc4ccccc4)CC3)C(c3cc(C)ccc3C)C2)cc1. The van der Waals surface area contributed by atoms with E-state index in [1.54, 1.807) is 5.01 Å². The van der Waals surface area contributed by atoms with Crippen LogP contribution in [0.4, 0.5) is 0 Å². The quantitative estimate of drug-likeness (QED) is 0.419. The number of aryl methyl sites for hydroxylation is 3. The lowest BCUT2D eigenvalue weighted by molar-refractivity contribution is -0.134. The summed E-state index contributed by atoms with van der Waals surface area (Å²) in [6, 6.07) is 25.7. The van der Waals surface area contributed by atoms with Crippen molar-refractivity contribution in [2.75, 3.05) is 19.6 Å². The number of hydrazone groups is 1. The Morgan fingerprint density at radius 1 is 0.889 bits per heavy atom. The van der Waals surface area contributed by atoms with Gasteiger partial charge in [0, 0.05) is 6.42 Å². The fourth-order valence-electron chi connectivity index (χ4n) is 5.58. The number of hydrogen-bond donors (Lipinski definition) is 0. The van der Waals surface area contributed by atoms with E-state index in [0.29, 0.717) is 12.5 Å². The number of hydrogen-bond acceptors (Lipinski definition) is 3. The van der Waals surface area contributed by atoms with Gasteiger partial charge in [0.1, 0.15) is 0 Å². The largest absolute Gasteiger partial charge is 0.294 e. The van der Waals surface area contributed by atoms with Crippen LogP contribution in [0.25, 0.3) is 0 Å². The van der Waals surface area contributed by atoms with E-state index in [-0.39, 0.29) is 11.9 Å². The Bertz CT molecular complexity index is 1220. The van der Waals surface area contributed by atoms with Crippen LogP contribution in [0.2, 0.25) is 0 Å². The number of carbonyl (C=O) groups is 1. The Morgan fingerprint density at radius 2 is 1.58 bits per heavy atom. The second-order valence-electron chi connectivity index (χ2n) is 10.6. The van der Waals surface area contributed by atoms with Crippen LogP contribution >= 0.6 is 0 Å². The molecule has 2 aliphatic heterocycles. The lowest BCUT2D eigenvalue weighted by Crippen LogP contribution is -2.42. The van der Waals surface area contributed by atoms with Crippen LogP contribution in [0.15, 0.2) is 77.9 Å².